The number of hydrogen-bond acceptors (Lipinski definition) is 2. The molecule has 0 unspecified atom stereocenters. The van der Waals surface area contributed by atoms with Gasteiger partial charge in [-0.25, -0.2) is 0 Å². The van der Waals surface area contributed by atoms with Crippen LogP contribution < -0.4 is 5.73 Å². The maximum atomic E-state index is 5.97. The molecule has 66 valence electrons. The molecule has 0 bridgehead atoms. The van der Waals surface area contributed by atoms with Gasteiger partial charge in [0.05, 0.1) is 0 Å². The lowest BCUT2D eigenvalue weighted by molar-refractivity contribution is 1.39. The summed E-state index contributed by atoms with van der Waals surface area (Å²) in [5.41, 5.74) is 7.46. The minimum Gasteiger partial charge on any atom is -0.399 e. The summed E-state index contributed by atoms with van der Waals surface area (Å²) < 4.78 is 0. The van der Waals surface area contributed by atoms with E-state index in [1.165, 1.54) is 0 Å². The van der Waals surface area contributed by atoms with Crippen LogP contribution in [-0.4, -0.2) is 5.75 Å². The van der Waals surface area contributed by atoms with E-state index in [4.69, 9.17) is 17.3 Å². The molecule has 12 heavy (non-hydrogen) atoms. The van der Waals surface area contributed by atoms with E-state index in [9.17, 15) is 0 Å². The fraction of sp³-hybridized carbons (Fsp3) is 0.333. The SMILES string of the molecule is CCSCc1ccc(N)cc1Cl. The molecule has 0 saturated carbocycles. The van der Waals surface area contributed by atoms with E-state index >= 15 is 0 Å². The number of thioether (sulfide) groups is 1. The van der Waals surface area contributed by atoms with Gasteiger partial charge in [0.1, 0.15) is 0 Å². The number of anilines is 1. The smallest absolute Gasteiger partial charge is 0.0466 e. The third kappa shape index (κ3) is 2.61. The first-order valence-corrected chi connectivity index (χ1v) is 5.39. The van der Waals surface area contributed by atoms with Crippen LogP contribution >= 0.6 is 23.4 Å². The van der Waals surface area contributed by atoms with E-state index in [0.29, 0.717) is 0 Å². The minimum absolute atomic E-state index is 0.727. The van der Waals surface area contributed by atoms with Crippen LogP contribution in [0.5, 0.6) is 0 Å². The maximum absolute atomic E-state index is 5.97. The van der Waals surface area contributed by atoms with Crippen LogP contribution in [0.1, 0.15) is 12.5 Å². The van der Waals surface area contributed by atoms with Gasteiger partial charge in [0, 0.05) is 16.5 Å². The van der Waals surface area contributed by atoms with Gasteiger partial charge < -0.3 is 5.73 Å². The number of halogens is 1. The third-order valence-electron chi connectivity index (χ3n) is 1.54. The Bertz CT molecular complexity index is 263. The average molecular weight is 202 g/mol. The van der Waals surface area contributed by atoms with Gasteiger partial charge in [-0.15, -0.1) is 0 Å². The van der Waals surface area contributed by atoms with E-state index < -0.39 is 0 Å². The molecule has 0 atom stereocenters. The van der Waals surface area contributed by atoms with Crippen LogP contribution in [0.2, 0.25) is 5.02 Å². The first-order chi connectivity index (χ1) is 5.74. The summed E-state index contributed by atoms with van der Waals surface area (Å²) in [6.45, 7) is 2.13. The Balaban J connectivity index is 2.72. The molecule has 0 aliphatic heterocycles. The fourth-order valence-electron chi connectivity index (χ4n) is 0.893. The molecule has 2 N–H and O–H groups in total. The second kappa shape index (κ2) is 4.63. The number of hydrogen-bond donors (Lipinski definition) is 1. The fourth-order valence-corrected chi connectivity index (χ4v) is 1.90. The van der Waals surface area contributed by atoms with Crippen LogP contribution in [0.3, 0.4) is 0 Å². The van der Waals surface area contributed by atoms with Gasteiger partial charge in [0.2, 0.25) is 0 Å². The Labute approximate surface area is 82.3 Å². The molecule has 0 amide bonds. The van der Waals surface area contributed by atoms with E-state index in [-0.39, 0.29) is 0 Å². The van der Waals surface area contributed by atoms with E-state index in [1.54, 1.807) is 6.07 Å². The molecule has 0 radical (unpaired) electrons. The quantitative estimate of drug-likeness (QED) is 0.761. The van der Waals surface area contributed by atoms with Crippen molar-refractivity contribution in [3.05, 3.63) is 28.8 Å². The molecule has 1 rings (SSSR count). The minimum atomic E-state index is 0.727. The molecule has 3 heteroatoms. The summed E-state index contributed by atoms with van der Waals surface area (Å²) >= 11 is 7.83. The van der Waals surface area contributed by atoms with Crippen LogP contribution in [0, 0.1) is 0 Å². The van der Waals surface area contributed by atoms with E-state index in [1.807, 2.05) is 23.9 Å². The topological polar surface area (TPSA) is 26.0 Å². The van der Waals surface area contributed by atoms with E-state index in [2.05, 4.69) is 6.92 Å². The summed E-state index contributed by atoms with van der Waals surface area (Å²) in [7, 11) is 0. The predicted octanol–water partition coefficient (Wildman–Crippen LogP) is 3.18. The molecular weight excluding hydrogens is 190 g/mol. The van der Waals surface area contributed by atoms with Crippen molar-refractivity contribution >= 4 is 29.1 Å². The Morgan fingerprint density at radius 1 is 1.50 bits per heavy atom. The first-order valence-electron chi connectivity index (χ1n) is 3.85. The van der Waals surface area contributed by atoms with Crippen molar-refractivity contribution in [2.45, 2.75) is 12.7 Å². The number of benzene rings is 1. The molecular formula is C9H12ClNS. The highest BCUT2D eigenvalue weighted by Crippen LogP contribution is 2.23. The molecule has 1 aromatic rings. The zero-order valence-electron chi connectivity index (χ0n) is 7.01. The maximum Gasteiger partial charge on any atom is 0.0466 e. The average Bonchev–Trinajstić information content (AvgIpc) is 2.03. The lowest BCUT2D eigenvalue weighted by Crippen LogP contribution is -1.87. The Morgan fingerprint density at radius 2 is 2.25 bits per heavy atom. The Hall–Kier alpha value is -0.340. The van der Waals surface area contributed by atoms with Crippen molar-refractivity contribution in [3.63, 3.8) is 0 Å². The van der Waals surface area contributed by atoms with E-state index in [0.717, 1.165) is 27.8 Å². The van der Waals surface area contributed by atoms with Gasteiger partial charge in [-0.05, 0) is 23.4 Å². The summed E-state index contributed by atoms with van der Waals surface area (Å²) in [5, 5.41) is 0.774. The lowest BCUT2D eigenvalue weighted by atomic mass is 10.2. The summed E-state index contributed by atoms with van der Waals surface area (Å²) in [6.07, 6.45) is 0. The summed E-state index contributed by atoms with van der Waals surface area (Å²) in [6, 6.07) is 5.67. The van der Waals surface area contributed by atoms with Crippen molar-refractivity contribution in [2.24, 2.45) is 0 Å². The van der Waals surface area contributed by atoms with Crippen LogP contribution in [0.15, 0.2) is 18.2 Å². The standard InChI is InChI=1S/C9H12ClNS/c1-2-12-6-7-3-4-8(11)5-9(7)10/h3-5H,2,6,11H2,1H3. The second-order valence-corrected chi connectivity index (χ2v) is 4.17. The normalized spacial score (nSPS) is 10.2. The highest BCUT2D eigenvalue weighted by molar-refractivity contribution is 7.98. The van der Waals surface area contributed by atoms with Crippen LogP contribution in [-0.2, 0) is 5.75 Å². The molecule has 0 saturated heterocycles. The first kappa shape index (κ1) is 9.75. The zero-order valence-corrected chi connectivity index (χ0v) is 8.58. The van der Waals surface area contributed by atoms with Crippen molar-refractivity contribution < 1.29 is 0 Å². The van der Waals surface area contributed by atoms with Gasteiger partial charge in [-0.1, -0.05) is 24.6 Å². The monoisotopic (exact) mass is 201 g/mol. The molecule has 0 spiro atoms. The molecule has 0 aliphatic rings. The largest absolute Gasteiger partial charge is 0.399 e. The van der Waals surface area contributed by atoms with Gasteiger partial charge in [0.15, 0.2) is 0 Å². The lowest BCUT2D eigenvalue weighted by Gasteiger charge is -2.03. The summed E-state index contributed by atoms with van der Waals surface area (Å²) in [4.78, 5) is 0. The van der Waals surface area contributed by atoms with Crippen molar-refractivity contribution in [1.29, 1.82) is 0 Å². The van der Waals surface area contributed by atoms with Crippen LogP contribution in [0.4, 0.5) is 5.69 Å². The van der Waals surface area contributed by atoms with Crippen molar-refractivity contribution in [2.75, 3.05) is 11.5 Å². The highest BCUT2D eigenvalue weighted by atomic mass is 35.5. The number of nitrogen functional groups attached to an aromatic ring is 1. The van der Waals surface area contributed by atoms with Crippen molar-refractivity contribution in [3.8, 4) is 0 Å². The molecule has 1 nitrogen and oxygen atoms in total. The third-order valence-corrected chi connectivity index (χ3v) is 2.81. The number of rotatable bonds is 3. The van der Waals surface area contributed by atoms with Gasteiger partial charge in [-0.3, -0.25) is 0 Å². The second-order valence-electron chi connectivity index (χ2n) is 2.49. The van der Waals surface area contributed by atoms with Gasteiger partial charge >= 0.3 is 0 Å². The molecule has 1 aromatic carbocycles. The van der Waals surface area contributed by atoms with Gasteiger partial charge in [0.25, 0.3) is 0 Å². The molecule has 0 aliphatic carbocycles. The molecule has 0 heterocycles. The van der Waals surface area contributed by atoms with Crippen molar-refractivity contribution in [1.82, 2.24) is 0 Å². The highest BCUT2D eigenvalue weighted by Gasteiger charge is 1.99. The molecule has 0 aromatic heterocycles. The Morgan fingerprint density at radius 3 is 2.83 bits per heavy atom. The number of nitrogens with two attached hydrogens (primary N) is 1. The zero-order chi connectivity index (χ0) is 8.97. The Kier molecular flexibility index (Phi) is 3.76. The van der Waals surface area contributed by atoms with Crippen LogP contribution in [0.25, 0.3) is 0 Å². The predicted molar refractivity (Wildman–Crippen MR) is 57.7 cm³/mol. The van der Waals surface area contributed by atoms with Gasteiger partial charge in [-0.2, -0.15) is 11.8 Å². The summed E-state index contributed by atoms with van der Waals surface area (Å²) in [5.74, 6) is 2.08. The molecule has 0 fully saturated rings.